The summed E-state index contributed by atoms with van der Waals surface area (Å²) in [5.74, 6) is 0.923. The van der Waals surface area contributed by atoms with Gasteiger partial charge in [0.2, 0.25) is 0 Å². The molecule has 0 radical (unpaired) electrons. The van der Waals surface area contributed by atoms with E-state index in [0.717, 1.165) is 18.8 Å². The summed E-state index contributed by atoms with van der Waals surface area (Å²) in [6.45, 7) is 6.59. The zero-order valence-corrected chi connectivity index (χ0v) is 10.8. The van der Waals surface area contributed by atoms with Crippen LogP contribution < -0.4 is 0 Å². The topological polar surface area (TPSA) is 3.24 Å². The standard InChI is InChI=1S/C13H21NS/c1-13(2,11-15)10-14(3)9-12-7-5-4-6-8-12/h4-8,15H,9-11H2,1-3H3. The van der Waals surface area contributed by atoms with Gasteiger partial charge in [-0.05, 0) is 23.8 Å². The summed E-state index contributed by atoms with van der Waals surface area (Å²) < 4.78 is 0. The minimum absolute atomic E-state index is 0.284. The smallest absolute Gasteiger partial charge is 0.0230 e. The third-order valence-electron chi connectivity index (χ3n) is 2.42. The van der Waals surface area contributed by atoms with Crippen LogP contribution in [0.1, 0.15) is 19.4 Å². The van der Waals surface area contributed by atoms with Crippen LogP contribution in [0.3, 0.4) is 0 Å². The maximum absolute atomic E-state index is 4.38. The van der Waals surface area contributed by atoms with E-state index in [4.69, 9.17) is 0 Å². The summed E-state index contributed by atoms with van der Waals surface area (Å²) >= 11 is 4.38. The second-order valence-corrected chi connectivity index (χ2v) is 5.30. The molecule has 0 unspecified atom stereocenters. The molecule has 1 aromatic carbocycles. The molecule has 15 heavy (non-hydrogen) atoms. The Morgan fingerprint density at radius 1 is 1.20 bits per heavy atom. The number of nitrogens with zero attached hydrogens (tertiary/aromatic N) is 1. The molecule has 0 aliphatic carbocycles. The number of benzene rings is 1. The summed E-state index contributed by atoms with van der Waals surface area (Å²) in [5, 5.41) is 0. The van der Waals surface area contributed by atoms with Gasteiger partial charge in [-0.25, -0.2) is 0 Å². The molecular formula is C13H21NS. The van der Waals surface area contributed by atoms with Crippen molar-refractivity contribution in [1.82, 2.24) is 4.90 Å². The van der Waals surface area contributed by atoms with Gasteiger partial charge < -0.3 is 4.90 Å². The summed E-state index contributed by atoms with van der Waals surface area (Å²) in [7, 11) is 2.16. The highest BCUT2D eigenvalue weighted by Crippen LogP contribution is 2.18. The molecule has 1 rings (SSSR count). The Bertz CT molecular complexity index is 282. The van der Waals surface area contributed by atoms with Crippen molar-refractivity contribution < 1.29 is 0 Å². The number of hydrogen-bond donors (Lipinski definition) is 1. The lowest BCUT2D eigenvalue weighted by Gasteiger charge is -2.28. The van der Waals surface area contributed by atoms with Gasteiger partial charge in [0.15, 0.2) is 0 Å². The average Bonchev–Trinajstić information content (AvgIpc) is 2.18. The first-order valence-corrected chi connectivity index (χ1v) is 6.00. The van der Waals surface area contributed by atoms with Crippen molar-refractivity contribution in [3.63, 3.8) is 0 Å². The molecule has 0 aliphatic rings. The van der Waals surface area contributed by atoms with Gasteiger partial charge >= 0.3 is 0 Å². The predicted molar refractivity (Wildman–Crippen MR) is 70.4 cm³/mol. The molecule has 1 aromatic rings. The van der Waals surface area contributed by atoms with Crippen molar-refractivity contribution in [2.45, 2.75) is 20.4 Å². The average molecular weight is 223 g/mol. The van der Waals surface area contributed by atoms with E-state index in [-0.39, 0.29) is 5.41 Å². The lowest BCUT2D eigenvalue weighted by atomic mass is 9.95. The zero-order valence-electron chi connectivity index (χ0n) is 9.90. The van der Waals surface area contributed by atoms with Crippen LogP contribution in [0, 0.1) is 5.41 Å². The Hall–Kier alpha value is -0.470. The van der Waals surface area contributed by atoms with Crippen LogP contribution >= 0.6 is 12.6 Å². The van der Waals surface area contributed by atoms with Crippen molar-refractivity contribution >= 4 is 12.6 Å². The van der Waals surface area contributed by atoms with Gasteiger partial charge in [0.1, 0.15) is 0 Å². The molecule has 0 spiro atoms. The van der Waals surface area contributed by atoms with E-state index >= 15 is 0 Å². The van der Waals surface area contributed by atoms with E-state index in [9.17, 15) is 0 Å². The minimum Gasteiger partial charge on any atom is -0.302 e. The van der Waals surface area contributed by atoms with Crippen molar-refractivity contribution in [1.29, 1.82) is 0 Å². The van der Waals surface area contributed by atoms with Gasteiger partial charge in [-0.1, -0.05) is 44.2 Å². The quantitative estimate of drug-likeness (QED) is 0.751. The molecule has 0 saturated heterocycles. The molecule has 0 atom stereocenters. The molecule has 0 saturated carbocycles. The first-order chi connectivity index (χ1) is 7.03. The summed E-state index contributed by atoms with van der Waals surface area (Å²) in [5.41, 5.74) is 1.65. The van der Waals surface area contributed by atoms with E-state index in [0.29, 0.717) is 0 Å². The van der Waals surface area contributed by atoms with Gasteiger partial charge in [0.05, 0.1) is 0 Å². The van der Waals surface area contributed by atoms with Gasteiger partial charge in [-0.2, -0.15) is 12.6 Å². The molecular weight excluding hydrogens is 202 g/mol. The molecule has 0 amide bonds. The number of hydrogen-bond acceptors (Lipinski definition) is 2. The molecule has 0 aliphatic heterocycles. The third-order valence-corrected chi connectivity index (χ3v) is 3.28. The second-order valence-electron chi connectivity index (χ2n) is 4.98. The van der Waals surface area contributed by atoms with Crippen LogP contribution in [0.4, 0.5) is 0 Å². The van der Waals surface area contributed by atoms with Crippen LogP contribution in [0.2, 0.25) is 0 Å². The summed E-state index contributed by atoms with van der Waals surface area (Å²) in [6.07, 6.45) is 0. The van der Waals surface area contributed by atoms with E-state index in [2.05, 4.69) is 68.8 Å². The van der Waals surface area contributed by atoms with Crippen molar-refractivity contribution in [2.75, 3.05) is 19.3 Å². The van der Waals surface area contributed by atoms with E-state index in [1.54, 1.807) is 0 Å². The number of rotatable bonds is 5. The SMILES string of the molecule is CN(Cc1ccccc1)CC(C)(C)CS. The zero-order chi connectivity index (χ0) is 11.3. The predicted octanol–water partition coefficient (Wildman–Crippen LogP) is 3.07. The molecule has 0 fully saturated rings. The fourth-order valence-electron chi connectivity index (χ4n) is 1.73. The Kier molecular flexibility index (Phi) is 4.68. The maximum Gasteiger partial charge on any atom is 0.0230 e. The van der Waals surface area contributed by atoms with E-state index < -0.39 is 0 Å². The molecule has 0 bridgehead atoms. The lowest BCUT2D eigenvalue weighted by Crippen LogP contribution is -2.32. The maximum atomic E-state index is 4.38. The van der Waals surface area contributed by atoms with Gasteiger partial charge in [-0.3, -0.25) is 0 Å². The molecule has 0 N–H and O–H groups in total. The van der Waals surface area contributed by atoms with Crippen LogP contribution in [0.5, 0.6) is 0 Å². The molecule has 1 nitrogen and oxygen atoms in total. The van der Waals surface area contributed by atoms with Gasteiger partial charge in [-0.15, -0.1) is 0 Å². The molecule has 2 heteroatoms. The Labute approximate surface area is 98.9 Å². The molecule has 84 valence electrons. The minimum atomic E-state index is 0.284. The summed E-state index contributed by atoms with van der Waals surface area (Å²) in [6, 6.07) is 10.6. The van der Waals surface area contributed by atoms with Crippen LogP contribution in [0.15, 0.2) is 30.3 Å². The highest BCUT2D eigenvalue weighted by atomic mass is 32.1. The highest BCUT2D eigenvalue weighted by Gasteiger charge is 2.17. The first-order valence-electron chi connectivity index (χ1n) is 5.37. The van der Waals surface area contributed by atoms with Gasteiger partial charge in [0.25, 0.3) is 0 Å². The van der Waals surface area contributed by atoms with Crippen molar-refractivity contribution in [3.05, 3.63) is 35.9 Å². The lowest BCUT2D eigenvalue weighted by molar-refractivity contribution is 0.225. The van der Waals surface area contributed by atoms with E-state index in [1.165, 1.54) is 5.56 Å². The Morgan fingerprint density at radius 3 is 2.33 bits per heavy atom. The number of thiol groups is 1. The van der Waals surface area contributed by atoms with Crippen LogP contribution in [-0.2, 0) is 6.54 Å². The Balaban J connectivity index is 2.46. The normalized spacial score (nSPS) is 12.1. The Morgan fingerprint density at radius 2 is 1.80 bits per heavy atom. The fourth-order valence-corrected chi connectivity index (χ4v) is 1.83. The molecule has 0 heterocycles. The largest absolute Gasteiger partial charge is 0.302 e. The third kappa shape index (κ3) is 4.72. The van der Waals surface area contributed by atoms with Crippen molar-refractivity contribution in [2.24, 2.45) is 5.41 Å². The van der Waals surface area contributed by atoms with Crippen LogP contribution in [-0.4, -0.2) is 24.2 Å². The highest BCUT2D eigenvalue weighted by molar-refractivity contribution is 7.80. The summed E-state index contributed by atoms with van der Waals surface area (Å²) in [4.78, 5) is 2.35. The second kappa shape index (κ2) is 5.57. The van der Waals surface area contributed by atoms with Crippen molar-refractivity contribution in [3.8, 4) is 0 Å². The fraction of sp³-hybridized carbons (Fsp3) is 0.538. The molecule has 0 aromatic heterocycles. The van der Waals surface area contributed by atoms with E-state index in [1.807, 2.05) is 0 Å². The van der Waals surface area contributed by atoms with Gasteiger partial charge in [0, 0.05) is 13.1 Å². The van der Waals surface area contributed by atoms with Crippen LogP contribution in [0.25, 0.3) is 0 Å². The monoisotopic (exact) mass is 223 g/mol. The first kappa shape index (κ1) is 12.6.